The van der Waals surface area contributed by atoms with Gasteiger partial charge >= 0.3 is 7.60 Å². The highest BCUT2D eigenvalue weighted by molar-refractivity contribution is 9.10. The van der Waals surface area contributed by atoms with Gasteiger partial charge in [0.15, 0.2) is 0 Å². The Labute approximate surface area is 192 Å². The Kier molecular flexibility index (Phi) is 6.37. The van der Waals surface area contributed by atoms with Crippen LogP contribution in [0.4, 0.5) is 0 Å². The van der Waals surface area contributed by atoms with E-state index in [-0.39, 0.29) is 12.2 Å². The van der Waals surface area contributed by atoms with Crippen molar-refractivity contribution in [1.82, 2.24) is 0 Å². The van der Waals surface area contributed by atoms with Gasteiger partial charge in [-0.05, 0) is 61.4 Å². The van der Waals surface area contributed by atoms with E-state index < -0.39 is 7.60 Å². The number of hydrogen-bond donors (Lipinski definition) is 0. The lowest BCUT2D eigenvalue weighted by molar-refractivity contribution is 0.150. The third-order valence-corrected chi connectivity index (χ3v) is 8.05. The lowest BCUT2D eigenvalue weighted by Gasteiger charge is -2.26. The number of hydrogen-bond acceptors (Lipinski definition) is 3. The monoisotopic (exact) mass is 496 g/mol. The van der Waals surface area contributed by atoms with Crippen LogP contribution < -0.4 is 5.30 Å². The van der Waals surface area contributed by atoms with Gasteiger partial charge in [-0.3, -0.25) is 4.57 Å². The molecule has 0 aliphatic rings. The maximum atomic E-state index is 14.3. The van der Waals surface area contributed by atoms with Crippen molar-refractivity contribution in [3.8, 4) is 11.1 Å². The highest BCUT2D eigenvalue weighted by atomic mass is 79.9. The Bertz CT molecular complexity index is 1280. The highest BCUT2D eigenvalue weighted by Gasteiger charge is 2.34. The van der Waals surface area contributed by atoms with Gasteiger partial charge in [-0.2, -0.15) is 0 Å². The summed E-state index contributed by atoms with van der Waals surface area (Å²) in [5, 5.41) is 4.86. The molecule has 0 unspecified atom stereocenters. The molecule has 31 heavy (non-hydrogen) atoms. The second-order valence-electron chi connectivity index (χ2n) is 8.13. The Balaban J connectivity index is 2.15. The predicted octanol–water partition coefficient (Wildman–Crippen LogP) is 8.09. The molecule has 0 saturated carbocycles. The summed E-state index contributed by atoms with van der Waals surface area (Å²) in [6.07, 6.45) is -0.500. The number of rotatable bonds is 6. The SMILES string of the molecule is CC(C)OP(=O)(OC(C)C)c1ccc2ccccc2c1-c1c(Br)ccc2ccccc12. The average Bonchev–Trinajstić information content (AvgIpc) is 2.72. The fraction of sp³-hybridized carbons (Fsp3) is 0.231. The molecule has 0 N–H and O–H groups in total. The van der Waals surface area contributed by atoms with Gasteiger partial charge in [0.1, 0.15) is 0 Å². The molecule has 160 valence electrons. The minimum absolute atomic E-state index is 0.250. The fourth-order valence-corrected chi connectivity index (χ4v) is 6.64. The van der Waals surface area contributed by atoms with Gasteiger partial charge in [0.05, 0.1) is 17.5 Å². The van der Waals surface area contributed by atoms with E-state index in [1.165, 1.54) is 0 Å². The number of fused-ring (bicyclic) bond motifs is 2. The van der Waals surface area contributed by atoms with Crippen LogP contribution in [0.15, 0.2) is 77.3 Å². The van der Waals surface area contributed by atoms with Crippen LogP contribution in [0.1, 0.15) is 27.7 Å². The molecule has 0 heterocycles. The van der Waals surface area contributed by atoms with Crippen molar-refractivity contribution in [2.45, 2.75) is 39.9 Å². The van der Waals surface area contributed by atoms with E-state index >= 15 is 0 Å². The molecule has 0 fully saturated rings. The second-order valence-corrected chi connectivity index (χ2v) is 10.9. The first-order valence-electron chi connectivity index (χ1n) is 10.5. The summed E-state index contributed by atoms with van der Waals surface area (Å²) in [6, 6.07) is 24.4. The lowest BCUT2D eigenvalue weighted by atomic mass is 9.94. The van der Waals surface area contributed by atoms with E-state index in [2.05, 4.69) is 46.3 Å². The molecule has 4 aromatic rings. The normalized spacial score (nSPS) is 12.4. The molecule has 0 radical (unpaired) electrons. The van der Waals surface area contributed by atoms with Gasteiger partial charge in [0, 0.05) is 15.6 Å². The zero-order valence-corrected chi connectivity index (χ0v) is 20.6. The Hall–Kier alpha value is -1.97. The van der Waals surface area contributed by atoms with Gasteiger partial charge in [0.2, 0.25) is 0 Å². The highest BCUT2D eigenvalue weighted by Crippen LogP contribution is 2.53. The molecule has 0 aromatic heterocycles. The van der Waals surface area contributed by atoms with Crippen molar-refractivity contribution < 1.29 is 13.6 Å². The van der Waals surface area contributed by atoms with Gasteiger partial charge in [-0.15, -0.1) is 0 Å². The van der Waals surface area contributed by atoms with Crippen LogP contribution in [0.5, 0.6) is 0 Å². The summed E-state index contributed by atoms with van der Waals surface area (Å²) < 4.78 is 27.2. The van der Waals surface area contributed by atoms with Gasteiger partial charge in [-0.1, -0.05) is 76.6 Å². The largest absolute Gasteiger partial charge is 0.362 e. The van der Waals surface area contributed by atoms with E-state index in [0.717, 1.165) is 37.1 Å². The van der Waals surface area contributed by atoms with E-state index in [1.54, 1.807) is 0 Å². The van der Waals surface area contributed by atoms with Crippen LogP contribution >= 0.6 is 23.5 Å². The van der Waals surface area contributed by atoms with E-state index in [0.29, 0.717) is 5.30 Å². The second kappa shape index (κ2) is 8.88. The molecule has 0 amide bonds. The maximum Gasteiger partial charge on any atom is 0.362 e. The molecule has 3 nitrogen and oxygen atoms in total. The molecule has 4 aromatic carbocycles. The van der Waals surface area contributed by atoms with Crippen LogP contribution in [-0.2, 0) is 13.6 Å². The molecule has 0 aliphatic carbocycles. The third kappa shape index (κ3) is 4.36. The van der Waals surface area contributed by atoms with Crippen molar-refractivity contribution in [1.29, 1.82) is 0 Å². The van der Waals surface area contributed by atoms with Crippen LogP contribution in [0.3, 0.4) is 0 Å². The van der Waals surface area contributed by atoms with E-state index in [1.807, 2.05) is 70.2 Å². The molecule has 0 spiro atoms. The van der Waals surface area contributed by atoms with Crippen molar-refractivity contribution >= 4 is 50.4 Å². The minimum Gasteiger partial charge on any atom is -0.302 e. The summed E-state index contributed by atoms with van der Waals surface area (Å²) in [5.74, 6) is 0. The van der Waals surface area contributed by atoms with Gasteiger partial charge in [-0.25, -0.2) is 0 Å². The van der Waals surface area contributed by atoms with Gasteiger partial charge < -0.3 is 9.05 Å². The van der Waals surface area contributed by atoms with E-state index in [9.17, 15) is 4.57 Å². The molecular weight excluding hydrogens is 471 g/mol. The Morgan fingerprint density at radius 3 is 1.71 bits per heavy atom. The molecule has 0 saturated heterocycles. The zero-order chi connectivity index (χ0) is 22.2. The Morgan fingerprint density at radius 2 is 1.16 bits per heavy atom. The topological polar surface area (TPSA) is 35.5 Å². The zero-order valence-electron chi connectivity index (χ0n) is 18.1. The van der Waals surface area contributed by atoms with Gasteiger partial charge in [0.25, 0.3) is 0 Å². The molecule has 0 aliphatic heterocycles. The van der Waals surface area contributed by atoms with Crippen molar-refractivity contribution in [3.05, 3.63) is 77.3 Å². The molecule has 4 rings (SSSR count). The molecule has 0 atom stereocenters. The third-order valence-electron chi connectivity index (χ3n) is 5.03. The van der Waals surface area contributed by atoms with Crippen molar-refractivity contribution in [2.75, 3.05) is 0 Å². The number of halogens is 1. The molecular formula is C26H26BrO3P. The summed E-state index contributed by atoms with van der Waals surface area (Å²) in [5.41, 5.74) is 1.87. The number of benzene rings is 4. The van der Waals surface area contributed by atoms with E-state index in [4.69, 9.17) is 9.05 Å². The first-order chi connectivity index (χ1) is 14.8. The summed E-state index contributed by atoms with van der Waals surface area (Å²) in [7, 11) is -3.61. The lowest BCUT2D eigenvalue weighted by Crippen LogP contribution is -2.19. The predicted molar refractivity (Wildman–Crippen MR) is 134 cm³/mol. The first kappa shape index (κ1) is 22.2. The van der Waals surface area contributed by atoms with Crippen LogP contribution in [0.25, 0.3) is 32.7 Å². The maximum absolute atomic E-state index is 14.3. The summed E-state index contributed by atoms with van der Waals surface area (Å²) >= 11 is 3.77. The summed E-state index contributed by atoms with van der Waals surface area (Å²) in [4.78, 5) is 0. The Morgan fingerprint density at radius 1 is 0.677 bits per heavy atom. The van der Waals surface area contributed by atoms with Crippen molar-refractivity contribution in [3.63, 3.8) is 0 Å². The smallest absolute Gasteiger partial charge is 0.302 e. The van der Waals surface area contributed by atoms with Crippen LogP contribution in [0, 0.1) is 0 Å². The first-order valence-corrected chi connectivity index (χ1v) is 12.8. The quantitative estimate of drug-likeness (QED) is 0.253. The minimum atomic E-state index is -3.61. The summed E-state index contributed by atoms with van der Waals surface area (Å²) in [6.45, 7) is 7.52. The van der Waals surface area contributed by atoms with Crippen LogP contribution in [0.2, 0.25) is 0 Å². The standard InChI is InChI=1S/C26H26BrO3P/c1-17(2)29-31(28,30-18(3)4)24-16-14-20-10-6-8-12-22(20)26(24)25-21-11-7-5-9-19(21)13-15-23(25)27/h5-18H,1-4H3. The van der Waals surface area contributed by atoms with Crippen molar-refractivity contribution in [2.24, 2.45) is 0 Å². The average molecular weight is 497 g/mol. The fourth-order valence-electron chi connectivity index (χ4n) is 3.94. The van der Waals surface area contributed by atoms with Crippen LogP contribution in [-0.4, -0.2) is 12.2 Å². The molecule has 5 heteroatoms. The molecule has 0 bridgehead atoms.